The van der Waals surface area contributed by atoms with Gasteiger partial charge in [-0.15, -0.1) is 0 Å². The quantitative estimate of drug-likeness (QED) is 0.572. The van der Waals surface area contributed by atoms with E-state index in [9.17, 15) is 9.18 Å². The van der Waals surface area contributed by atoms with E-state index in [1.807, 2.05) is 31.2 Å². The summed E-state index contributed by atoms with van der Waals surface area (Å²) in [5, 5.41) is 7.55. The Kier molecular flexibility index (Phi) is 3.36. The zero-order valence-corrected chi connectivity index (χ0v) is 14.5. The van der Waals surface area contributed by atoms with E-state index in [1.165, 1.54) is 12.1 Å². The standard InChI is InChI=1S/C20H16FN5O/c1-11-18-14(12-6-8-13(21)9-7-12)10-17(27)24-19(18)26(25-11)20-22-15-4-2-3-5-16(15)23-20/h2-9,14H,10H2,1H3,(H,22,23)(H,24,27)/t14-/m0/s1. The number of amides is 1. The van der Waals surface area contributed by atoms with Gasteiger partial charge in [0.2, 0.25) is 11.9 Å². The highest BCUT2D eigenvalue weighted by atomic mass is 19.1. The number of carbonyl (C=O) groups is 1. The molecule has 134 valence electrons. The third kappa shape index (κ3) is 2.51. The molecule has 1 aliphatic heterocycles. The number of hydrogen-bond donors (Lipinski definition) is 2. The first-order valence-electron chi connectivity index (χ1n) is 8.70. The number of H-pyrrole nitrogens is 1. The Labute approximate surface area is 154 Å². The maximum Gasteiger partial charge on any atom is 0.231 e. The Hall–Kier alpha value is -3.48. The van der Waals surface area contributed by atoms with Gasteiger partial charge in [-0.05, 0) is 36.8 Å². The van der Waals surface area contributed by atoms with Crippen molar-refractivity contribution in [2.75, 3.05) is 5.32 Å². The summed E-state index contributed by atoms with van der Waals surface area (Å²) < 4.78 is 15.0. The fourth-order valence-corrected chi connectivity index (χ4v) is 3.72. The molecule has 0 radical (unpaired) electrons. The number of fused-ring (bicyclic) bond motifs is 2. The van der Waals surface area contributed by atoms with E-state index < -0.39 is 0 Å². The fraction of sp³-hybridized carbons (Fsp3) is 0.150. The van der Waals surface area contributed by atoms with Crippen molar-refractivity contribution < 1.29 is 9.18 Å². The highest BCUT2D eigenvalue weighted by Crippen LogP contribution is 2.40. The van der Waals surface area contributed by atoms with Crippen molar-refractivity contribution in [3.8, 4) is 5.95 Å². The average molecular weight is 361 g/mol. The largest absolute Gasteiger partial charge is 0.322 e. The number of hydrogen-bond acceptors (Lipinski definition) is 3. The van der Waals surface area contributed by atoms with Crippen molar-refractivity contribution >= 4 is 22.8 Å². The number of nitrogens with zero attached hydrogens (tertiary/aromatic N) is 3. The molecule has 2 aromatic heterocycles. The summed E-state index contributed by atoms with van der Waals surface area (Å²) >= 11 is 0. The average Bonchev–Trinajstić information content (AvgIpc) is 3.23. The van der Waals surface area contributed by atoms with Gasteiger partial charge in [0.25, 0.3) is 0 Å². The number of carbonyl (C=O) groups excluding carboxylic acids is 1. The number of imidazole rings is 1. The minimum atomic E-state index is -0.297. The molecule has 0 saturated carbocycles. The number of anilines is 1. The first kappa shape index (κ1) is 15.7. The van der Waals surface area contributed by atoms with Crippen molar-refractivity contribution in [1.29, 1.82) is 0 Å². The van der Waals surface area contributed by atoms with Crippen LogP contribution in [0.15, 0.2) is 48.5 Å². The molecule has 1 aliphatic rings. The van der Waals surface area contributed by atoms with E-state index in [2.05, 4.69) is 20.4 Å². The molecule has 2 N–H and O–H groups in total. The molecule has 27 heavy (non-hydrogen) atoms. The van der Waals surface area contributed by atoms with Crippen LogP contribution in [0.1, 0.15) is 29.2 Å². The van der Waals surface area contributed by atoms with Crippen molar-refractivity contribution in [1.82, 2.24) is 19.7 Å². The van der Waals surface area contributed by atoms with Crippen LogP contribution in [0.5, 0.6) is 0 Å². The number of halogens is 1. The van der Waals surface area contributed by atoms with Crippen molar-refractivity contribution in [2.24, 2.45) is 0 Å². The predicted octanol–water partition coefficient (Wildman–Crippen LogP) is 3.67. The SMILES string of the molecule is Cc1nn(-c2nc3ccccc3[nH]2)c2c1[C@H](c1ccc(F)cc1)CC(=O)N2. The van der Waals surface area contributed by atoms with Gasteiger partial charge in [-0.2, -0.15) is 9.78 Å². The molecule has 0 bridgehead atoms. The second-order valence-corrected chi connectivity index (χ2v) is 6.69. The molecule has 6 nitrogen and oxygen atoms in total. The van der Waals surface area contributed by atoms with Crippen LogP contribution < -0.4 is 5.32 Å². The minimum Gasteiger partial charge on any atom is -0.322 e. The third-order valence-electron chi connectivity index (χ3n) is 4.95. The Morgan fingerprint density at radius 1 is 1.15 bits per heavy atom. The first-order chi connectivity index (χ1) is 13.1. The number of para-hydroxylation sites is 2. The van der Waals surface area contributed by atoms with Gasteiger partial charge in [-0.1, -0.05) is 24.3 Å². The number of nitrogens with one attached hydrogen (secondary N) is 2. The monoisotopic (exact) mass is 361 g/mol. The molecule has 7 heteroatoms. The van der Waals surface area contributed by atoms with Gasteiger partial charge in [-0.3, -0.25) is 4.79 Å². The summed E-state index contributed by atoms with van der Waals surface area (Å²) in [7, 11) is 0. The lowest BCUT2D eigenvalue weighted by molar-refractivity contribution is -0.116. The summed E-state index contributed by atoms with van der Waals surface area (Å²) in [4.78, 5) is 20.2. The molecular weight excluding hydrogens is 345 g/mol. The second kappa shape index (κ2) is 5.77. The molecule has 5 rings (SSSR count). The van der Waals surface area contributed by atoms with Crippen LogP contribution in [0.3, 0.4) is 0 Å². The summed E-state index contributed by atoms with van der Waals surface area (Å²) in [5.74, 6) is 0.577. The number of aryl methyl sites for hydroxylation is 1. The summed E-state index contributed by atoms with van der Waals surface area (Å²) in [6.07, 6.45) is 0.297. The van der Waals surface area contributed by atoms with Gasteiger partial charge in [-0.25, -0.2) is 9.37 Å². The molecule has 0 spiro atoms. The number of benzene rings is 2. The van der Waals surface area contributed by atoms with E-state index in [-0.39, 0.29) is 17.6 Å². The zero-order valence-electron chi connectivity index (χ0n) is 14.5. The van der Waals surface area contributed by atoms with Crippen LogP contribution in [-0.2, 0) is 4.79 Å². The third-order valence-corrected chi connectivity index (χ3v) is 4.95. The predicted molar refractivity (Wildman–Crippen MR) is 99.4 cm³/mol. The molecule has 0 aliphatic carbocycles. The Bertz CT molecular complexity index is 1140. The second-order valence-electron chi connectivity index (χ2n) is 6.69. The molecule has 0 saturated heterocycles. The van der Waals surface area contributed by atoms with Gasteiger partial charge in [0.05, 0.1) is 16.7 Å². The van der Waals surface area contributed by atoms with Crippen molar-refractivity contribution in [3.05, 3.63) is 71.2 Å². The van der Waals surface area contributed by atoms with E-state index in [0.29, 0.717) is 18.2 Å². The molecule has 4 aromatic rings. The highest BCUT2D eigenvalue weighted by Gasteiger charge is 2.33. The van der Waals surface area contributed by atoms with E-state index in [0.717, 1.165) is 27.9 Å². The Morgan fingerprint density at radius 2 is 1.93 bits per heavy atom. The van der Waals surface area contributed by atoms with Gasteiger partial charge < -0.3 is 10.3 Å². The molecule has 0 fully saturated rings. The van der Waals surface area contributed by atoms with Gasteiger partial charge in [0.1, 0.15) is 11.6 Å². The van der Waals surface area contributed by atoms with Crippen LogP contribution in [0.25, 0.3) is 17.0 Å². The number of rotatable bonds is 2. The van der Waals surface area contributed by atoms with Crippen LogP contribution in [0.4, 0.5) is 10.2 Å². The Balaban J connectivity index is 1.67. The minimum absolute atomic E-state index is 0.103. The lowest BCUT2D eigenvalue weighted by atomic mass is 9.86. The van der Waals surface area contributed by atoms with Gasteiger partial charge in [0.15, 0.2) is 0 Å². The molecule has 1 atom stereocenters. The smallest absolute Gasteiger partial charge is 0.231 e. The summed E-state index contributed by atoms with van der Waals surface area (Å²) in [6, 6.07) is 14.0. The number of aromatic amines is 1. The van der Waals surface area contributed by atoms with Crippen LogP contribution in [-0.4, -0.2) is 25.7 Å². The van der Waals surface area contributed by atoms with Crippen LogP contribution in [0.2, 0.25) is 0 Å². The topological polar surface area (TPSA) is 75.6 Å². The molecule has 0 unspecified atom stereocenters. The van der Waals surface area contributed by atoms with Gasteiger partial charge in [0, 0.05) is 17.9 Å². The zero-order chi connectivity index (χ0) is 18.5. The first-order valence-corrected chi connectivity index (χ1v) is 8.70. The molecule has 2 aromatic carbocycles. The van der Waals surface area contributed by atoms with E-state index >= 15 is 0 Å². The normalized spacial score (nSPS) is 16.4. The highest BCUT2D eigenvalue weighted by molar-refractivity contribution is 5.95. The van der Waals surface area contributed by atoms with Crippen LogP contribution in [0, 0.1) is 12.7 Å². The number of aromatic nitrogens is 4. The van der Waals surface area contributed by atoms with Crippen LogP contribution >= 0.6 is 0 Å². The fourth-order valence-electron chi connectivity index (χ4n) is 3.72. The van der Waals surface area contributed by atoms with E-state index in [1.54, 1.807) is 16.8 Å². The molecular formula is C20H16FN5O. The lowest BCUT2D eigenvalue weighted by Gasteiger charge is -2.24. The summed E-state index contributed by atoms with van der Waals surface area (Å²) in [6.45, 7) is 1.91. The van der Waals surface area contributed by atoms with Gasteiger partial charge >= 0.3 is 0 Å². The molecule has 1 amide bonds. The maximum atomic E-state index is 13.3. The molecule has 3 heterocycles. The van der Waals surface area contributed by atoms with E-state index in [4.69, 9.17) is 0 Å². The lowest BCUT2D eigenvalue weighted by Crippen LogP contribution is -2.25. The summed E-state index contributed by atoms with van der Waals surface area (Å²) in [5.41, 5.74) is 4.35. The Morgan fingerprint density at radius 3 is 2.70 bits per heavy atom. The van der Waals surface area contributed by atoms with Crippen molar-refractivity contribution in [3.63, 3.8) is 0 Å². The maximum absolute atomic E-state index is 13.3. The van der Waals surface area contributed by atoms with Crippen molar-refractivity contribution in [2.45, 2.75) is 19.3 Å².